The van der Waals surface area contributed by atoms with Gasteiger partial charge in [0.2, 0.25) is 5.91 Å². The number of hydrogen-bond acceptors (Lipinski definition) is 3. The van der Waals surface area contributed by atoms with Crippen LogP contribution in [0.25, 0.3) is 0 Å². The topological polar surface area (TPSA) is 35.6 Å². The van der Waals surface area contributed by atoms with E-state index in [1.165, 1.54) is 24.8 Å². The van der Waals surface area contributed by atoms with Crippen LogP contribution in [0.3, 0.4) is 0 Å². The van der Waals surface area contributed by atoms with E-state index in [2.05, 4.69) is 39.4 Å². The third-order valence-corrected chi connectivity index (χ3v) is 5.27. The zero-order valence-corrected chi connectivity index (χ0v) is 14.2. The SMILES string of the molecule is CNC1CCCN(C(=O)C2CCCCN2Cc2ccccc2)C1. The number of piperidine rings is 2. The van der Waals surface area contributed by atoms with Crippen LogP contribution in [-0.2, 0) is 11.3 Å². The van der Waals surface area contributed by atoms with Gasteiger partial charge in [-0.05, 0) is 44.8 Å². The number of nitrogens with one attached hydrogen (secondary N) is 1. The summed E-state index contributed by atoms with van der Waals surface area (Å²) in [6.07, 6.45) is 5.68. The first kappa shape index (κ1) is 16.5. The largest absolute Gasteiger partial charge is 0.340 e. The Hall–Kier alpha value is -1.39. The molecule has 126 valence electrons. The van der Waals surface area contributed by atoms with E-state index in [0.717, 1.165) is 39.0 Å². The summed E-state index contributed by atoms with van der Waals surface area (Å²) in [4.78, 5) is 17.6. The van der Waals surface area contributed by atoms with Gasteiger partial charge < -0.3 is 10.2 Å². The summed E-state index contributed by atoms with van der Waals surface area (Å²) in [5, 5.41) is 3.34. The van der Waals surface area contributed by atoms with Crippen molar-refractivity contribution in [1.82, 2.24) is 15.1 Å². The predicted molar refractivity (Wildman–Crippen MR) is 93.2 cm³/mol. The number of carbonyl (C=O) groups is 1. The quantitative estimate of drug-likeness (QED) is 0.926. The van der Waals surface area contributed by atoms with Gasteiger partial charge in [0, 0.05) is 25.7 Å². The van der Waals surface area contributed by atoms with Gasteiger partial charge in [-0.15, -0.1) is 0 Å². The zero-order valence-electron chi connectivity index (χ0n) is 14.2. The van der Waals surface area contributed by atoms with E-state index in [1.54, 1.807) is 0 Å². The second kappa shape index (κ2) is 7.93. The standard InChI is InChI=1S/C19H29N3O/c1-20-17-10-7-13-22(15-17)19(23)18-11-5-6-12-21(18)14-16-8-3-2-4-9-16/h2-4,8-9,17-18,20H,5-7,10-15H2,1H3. The van der Waals surface area contributed by atoms with Crippen LogP contribution in [0.4, 0.5) is 0 Å². The average Bonchev–Trinajstić information content (AvgIpc) is 2.62. The molecule has 2 unspecified atom stereocenters. The lowest BCUT2D eigenvalue weighted by molar-refractivity contribution is -0.140. The number of hydrogen-bond donors (Lipinski definition) is 1. The Morgan fingerprint density at radius 1 is 1.13 bits per heavy atom. The van der Waals surface area contributed by atoms with Crippen LogP contribution in [0.5, 0.6) is 0 Å². The minimum Gasteiger partial charge on any atom is -0.340 e. The summed E-state index contributed by atoms with van der Waals surface area (Å²) in [7, 11) is 2.00. The fourth-order valence-corrected chi connectivity index (χ4v) is 3.90. The van der Waals surface area contributed by atoms with Crippen LogP contribution < -0.4 is 5.32 Å². The van der Waals surface area contributed by atoms with E-state index in [1.807, 2.05) is 13.1 Å². The molecule has 23 heavy (non-hydrogen) atoms. The van der Waals surface area contributed by atoms with Gasteiger partial charge in [-0.1, -0.05) is 36.8 Å². The molecule has 0 aromatic heterocycles. The van der Waals surface area contributed by atoms with E-state index in [4.69, 9.17) is 0 Å². The van der Waals surface area contributed by atoms with E-state index in [0.29, 0.717) is 11.9 Å². The smallest absolute Gasteiger partial charge is 0.239 e. The van der Waals surface area contributed by atoms with Crippen molar-refractivity contribution in [3.63, 3.8) is 0 Å². The monoisotopic (exact) mass is 315 g/mol. The maximum Gasteiger partial charge on any atom is 0.239 e. The molecule has 2 aliphatic heterocycles. The highest BCUT2D eigenvalue weighted by Crippen LogP contribution is 2.23. The lowest BCUT2D eigenvalue weighted by atomic mass is 9.98. The number of rotatable bonds is 4. The molecule has 0 radical (unpaired) electrons. The zero-order chi connectivity index (χ0) is 16.1. The first-order valence-electron chi connectivity index (χ1n) is 9.02. The molecule has 1 aromatic rings. The van der Waals surface area contributed by atoms with Crippen LogP contribution >= 0.6 is 0 Å². The molecule has 1 amide bonds. The van der Waals surface area contributed by atoms with Crippen molar-refractivity contribution in [3.05, 3.63) is 35.9 Å². The molecular formula is C19H29N3O. The lowest BCUT2D eigenvalue weighted by Gasteiger charge is -2.40. The molecule has 0 spiro atoms. The molecule has 2 atom stereocenters. The van der Waals surface area contributed by atoms with Crippen molar-refractivity contribution >= 4 is 5.91 Å². The van der Waals surface area contributed by atoms with E-state index >= 15 is 0 Å². The Labute approximate surface area is 139 Å². The Balaban J connectivity index is 1.66. The number of likely N-dealkylation sites (N-methyl/N-ethyl adjacent to an activating group) is 1. The van der Waals surface area contributed by atoms with E-state index in [-0.39, 0.29) is 6.04 Å². The van der Waals surface area contributed by atoms with Crippen molar-refractivity contribution in [3.8, 4) is 0 Å². The number of amides is 1. The summed E-state index contributed by atoms with van der Waals surface area (Å²) in [5.74, 6) is 0.348. The molecule has 0 saturated carbocycles. The van der Waals surface area contributed by atoms with Gasteiger partial charge in [0.15, 0.2) is 0 Å². The van der Waals surface area contributed by atoms with Crippen LogP contribution in [0.2, 0.25) is 0 Å². The van der Waals surface area contributed by atoms with Crippen molar-refractivity contribution in [2.24, 2.45) is 0 Å². The summed E-state index contributed by atoms with van der Waals surface area (Å²) in [6, 6.07) is 11.1. The second-order valence-electron chi connectivity index (χ2n) is 6.88. The number of benzene rings is 1. The summed E-state index contributed by atoms with van der Waals surface area (Å²) in [6.45, 7) is 3.72. The Morgan fingerprint density at radius 3 is 2.74 bits per heavy atom. The van der Waals surface area contributed by atoms with Gasteiger partial charge in [0.1, 0.15) is 0 Å². The Bertz CT molecular complexity index is 505. The van der Waals surface area contributed by atoms with Crippen molar-refractivity contribution < 1.29 is 4.79 Å². The molecule has 4 heteroatoms. The van der Waals surface area contributed by atoms with Crippen molar-refractivity contribution in [2.45, 2.75) is 50.7 Å². The fourth-order valence-electron chi connectivity index (χ4n) is 3.90. The summed E-state index contributed by atoms with van der Waals surface area (Å²) >= 11 is 0. The van der Waals surface area contributed by atoms with Crippen LogP contribution in [-0.4, -0.2) is 54.5 Å². The minimum atomic E-state index is 0.0690. The van der Waals surface area contributed by atoms with Gasteiger partial charge in [-0.25, -0.2) is 0 Å². The first-order chi connectivity index (χ1) is 11.3. The molecule has 1 aromatic carbocycles. The maximum atomic E-state index is 13.1. The highest BCUT2D eigenvalue weighted by atomic mass is 16.2. The highest BCUT2D eigenvalue weighted by molar-refractivity contribution is 5.82. The first-order valence-corrected chi connectivity index (χ1v) is 9.02. The molecule has 4 nitrogen and oxygen atoms in total. The third kappa shape index (κ3) is 4.12. The molecule has 2 saturated heterocycles. The highest BCUT2D eigenvalue weighted by Gasteiger charge is 2.33. The van der Waals surface area contributed by atoms with E-state index in [9.17, 15) is 4.79 Å². The van der Waals surface area contributed by atoms with Crippen LogP contribution in [0, 0.1) is 0 Å². The normalized spacial score (nSPS) is 26.2. The van der Waals surface area contributed by atoms with Crippen molar-refractivity contribution in [2.75, 3.05) is 26.7 Å². The molecule has 2 heterocycles. The van der Waals surface area contributed by atoms with Crippen molar-refractivity contribution in [1.29, 1.82) is 0 Å². The number of carbonyl (C=O) groups excluding carboxylic acids is 1. The number of nitrogens with zero attached hydrogens (tertiary/aromatic N) is 2. The molecular weight excluding hydrogens is 286 g/mol. The molecule has 2 aliphatic rings. The van der Waals surface area contributed by atoms with Gasteiger partial charge in [0.25, 0.3) is 0 Å². The molecule has 0 aliphatic carbocycles. The molecule has 1 N–H and O–H groups in total. The number of likely N-dealkylation sites (tertiary alicyclic amines) is 2. The van der Waals surface area contributed by atoms with Crippen LogP contribution in [0.1, 0.15) is 37.7 Å². The summed E-state index contributed by atoms with van der Waals surface area (Å²) in [5.41, 5.74) is 1.30. The van der Waals surface area contributed by atoms with E-state index < -0.39 is 0 Å². The van der Waals surface area contributed by atoms with Gasteiger partial charge >= 0.3 is 0 Å². The molecule has 0 bridgehead atoms. The maximum absolute atomic E-state index is 13.1. The molecule has 3 rings (SSSR count). The van der Waals surface area contributed by atoms with Gasteiger partial charge in [-0.3, -0.25) is 9.69 Å². The fraction of sp³-hybridized carbons (Fsp3) is 0.632. The lowest BCUT2D eigenvalue weighted by Crippen LogP contribution is -2.55. The molecule has 2 fully saturated rings. The van der Waals surface area contributed by atoms with Gasteiger partial charge in [-0.2, -0.15) is 0 Å². The second-order valence-corrected chi connectivity index (χ2v) is 6.88. The third-order valence-electron chi connectivity index (χ3n) is 5.27. The Kier molecular flexibility index (Phi) is 5.68. The van der Waals surface area contributed by atoms with Gasteiger partial charge in [0.05, 0.1) is 6.04 Å². The predicted octanol–water partition coefficient (Wildman–Crippen LogP) is 2.25. The minimum absolute atomic E-state index is 0.0690. The average molecular weight is 315 g/mol. The Morgan fingerprint density at radius 2 is 1.96 bits per heavy atom. The summed E-state index contributed by atoms with van der Waals surface area (Å²) < 4.78 is 0. The van der Waals surface area contributed by atoms with Crippen LogP contribution in [0.15, 0.2) is 30.3 Å².